The van der Waals surface area contributed by atoms with E-state index in [1.54, 1.807) is 50.6 Å². The molecule has 0 aliphatic carbocycles. The van der Waals surface area contributed by atoms with E-state index in [4.69, 9.17) is 63.1 Å². The number of nitrogens with one attached hydrogen (secondary N) is 10. The molecule has 0 unspecified atom stereocenters. The number of aliphatic carboxylic acids is 1. The van der Waals surface area contributed by atoms with Gasteiger partial charge >= 0.3 is 5.97 Å². The smallest absolute Gasteiger partial charge is 0.326 e. The van der Waals surface area contributed by atoms with Crippen LogP contribution in [-0.2, 0) is 68.7 Å². The number of amides is 12. The Morgan fingerprint density at radius 2 is 0.867 bits per heavy atom. The van der Waals surface area contributed by atoms with Crippen LogP contribution in [0.15, 0.2) is 45.4 Å². The quantitative estimate of drug-likeness (QED) is 0.0166. The maximum Gasteiger partial charge on any atom is 0.326 e. The third-order valence-corrected chi connectivity index (χ3v) is 15.6. The van der Waals surface area contributed by atoms with E-state index >= 15 is 0 Å². The summed E-state index contributed by atoms with van der Waals surface area (Å²) in [7, 11) is 0. The zero-order valence-corrected chi connectivity index (χ0v) is 56.3. The van der Waals surface area contributed by atoms with Crippen LogP contribution in [0.5, 0.6) is 0 Å². The van der Waals surface area contributed by atoms with E-state index in [0.717, 1.165) is 0 Å². The number of carbonyl (C=O) groups excluding carboxylic acids is 12. The Bertz CT molecular complexity index is 3120. The molecule has 10 atom stereocenters. The summed E-state index contributed by atoms with van der Waals surface area (Å²) in [4.78, 5) is 191. The molecule has 2 aromatic rings. The van der Waals surface area contributed by atoms with Gasteiger partial charge in [-0.25, -0.2) is 4.79 Å². The predicted octanol–water partition coefficient (Wildman–Crippen LogP) is -7.41. The molecule has 2 rings (SSSR count). The number of fused-ring (bicyclic) bond motifs is 1. The van der Waals surface area contributed by atoms with Crippen LogP contribution in [0, 0.1) is 5.92 Å². The van der Waals surface area contributed by atoms with Crippen LogP contribution >= 0.6 is 11.8 Å². The monoisotopic (exact) mass is 1400 g/mol. The number of guanidine groups is 3. The van der Waals surface area contributed by atoms with E-state index < -0.39 is 162 Å². The van der Waals surface area contributed by atoms with Crippen molar-refractivity contribution in [2.24, 2.45) is 84.0 Å². The van der Waals surface area contributed by atoms with Gasteiger partial charge in [-0.2, -0.15) is 11.8 Å². The summed E-state index contributed by atoms with van der Waals surface area (Å²) in [5.74, 6) is -14.1. The van der Waals surface area contributed by atoms with E-state index in [0.29, 0.717) is 22.9 Å². The molecule has 1 aromatic carbocycles. The zero-order chi connectivity index (χ0) is 73.6. The minimum absolute atomic E-state index is 0.0260. The molecule has 0 fully saturated rings. The maximum atomic E-state index is 14.5. The molecule has 1 aromatic heterocycles. The maximum absolute atomic E-state index is 14.5. The highest BCUT2D eigenvalue weighted by Gasteiger charge is 2.37. The van der Waals surface area contributed by atoms with Gasteiger partial charge in [-0.3, -0.25) is 72.5 Å². The SMILES string of the molecule is CSCC[C@H](NC(=O)[C@H](CC(N)=O)NC(=O)[C@H](CCCN=C(N)N)NC(=O)[C@H](CCC(N)=O)NC(=O)[C@H](Cc1c[nH]c2ccccc12)NC(=O)[C@@H](N)CCC(N)=O)C(=O)N[C@@H](CCCN=C(N)N)C(=O)N[C@@H](CCCCN)C(=O)N[C@H](C(=O)N[C@@H](CCCN=C(N)N)C(=O)O)C(C)C. The molecular weight excluding hydrogens is 1300 g/mol. The molecule has 0 saturated heterocycles. The average molecular weight is 1400 g/mol. The van der Waals surface area contributed by atoms with Crippen molar-refractivity contribution in [3.05, 3.63) is 36.0 Å². The van der Waals surface area contributed by atoms with Gasteiger partial charge in [0.1, 0.15) is 54.4 Å². The fourth-order valence-electron chi connectivity index (χ4n) is 9.66. The fraction of sp³-hybridized carbons (Fsp3) is 0.593. The lowest BCUT2D eigenvalue weighted by molar-refractivity contribution is -0.143. The first-order chi connectivity index (χ1) is 46.3. The summed E-state index contributed by atoms with van der Waals surface area (Å²) >= 11 is 1.26. The van der Waals surface area contributed by atoms with Crippen molar-refractivity contribution < 1.29 is 67.4 Å². The van der Waals surface area contributed by atoms with Gasteiger partial charge in [-0.05, 0) is 113 Å². The zero-order valence-electron chi connectivity index (χ0n) is 55.4. The second kappa shape index (κ2) is 44.6. The topological polar surface area (TPSA) is 690 Å². The van der Waals surface area contributed by atoms with E-state index in [1.807, 2.05) is 0 Å². The van der Waals surface area contributed by atoms with Crippen LogP contribution in [0.25, 0.3) is 10.9 Å². The first-order valence-electron chi connectivity index (χ1n) is 31.7. The number of para-hydroxylation sites is 1. The van der Waals surface area contributed by atoms with Gasteiger partial charge in [0, 0.05) is 56.0 Å². The minimum Gasteiger partial charge on any atom is -0.480 e. The average Bonchev–Trinajstić information content (AvgIpc) is 1.59. The number of benzene rings is 1. The number of hydrogen-bond donors (Lipinski definition) is 22. The van der Waals surface area contributed by atoms with E-state index in [9.17, 15) is 67.4 Å². The van der Waals surface area contributed by atoms with E-state index in [-0.39, 0.29) is 127 Å². The minimum atomic E-state index is -1.87. The van der Waals surface area contributed by atoms with Crippen LogP contribution in [0.2, 0.25) is 0 Å². The van der Waals surface area contributed by atoms with Gasteiger partial charge in [-0.1, -0.05) is 32.0 Å². The third-order valence-electron chi connectivity index (χ3n) is 14.9. The van der Waals surface area contributed by atoms with Gasteiger partial charge in [0.05, 0.1) is 12.5 Å². The standard InChI is InChI=1S/C59H100N24O14S/c1-30(2)46(55(95)80-40(56(96)97)16-10-25-73-59(69)70)83-52(92)35(13-6-7-22-60)75-48(88)36(14-8-23-71-57(65)66)77-51(91)39(21-26-98-3)79-54(94)42(28-45(64)86)82-49(89)37(15-9-24-72-58(67)68)76-50(90)38(18-20-44(63)85)78-53(93)41(81-47(87)33(61)17-19-43(62)84)27-31-29-74-34-12-5-4-11-32(31)34/h4-5,11-12,29-30,33,35-42,46,74H,6-10,13-28,60-61H2,1-3H3,(H2,62,84)(H2,63,85)(H2,64,86)(H,75,88)(H,76,90)(H,77,91)(H,78,93)(H,79,94)(H,80,95)(H,81,87)(H,82,89)(H,83,92)(H,96,97)(H4,65,66,71)(H4,67,68,72)(H4,69,70,73)/t33-,35-,36-,37-,38-,39-,40-,41-,42-,46-/m0/s1. The Morgan fingerprint density at radius 1 is 0.469 bits per heavy atom. The molecule has 1 heterocycles. The molecule has 98 heavy (non-hydrogen) atoms. The number of aromatic amines is 1. The molecule has 0 radical (unpaired) electrons. The number of carboxylic acid groups (broad SMARTS) is 1. The number of nitrogens with two attached hydrogens (primary N) is 11. The summed E-state index contributed by atoms with van der Waals surface area (Å²) in [5.41, 5.74) is 62.4. The molecular formula is C59H100N24O14S. The van der Waals surface area contributed by atoms with Crippen LogP contribution in [0.1, 0.15) is 116 Å². The molecule has 0 aliphatic rings. The molecule has 0 saturated carbocycles. The van der Waals surface area contributed by atoms with Crippen LogP contribution in [-0.4, -0.2) is 203 Å². The van der Waals surface area contributed by atoms with Crippen LogP contribution in [0.3, 0.4) is 0 Å². The van der Waals surface area contributed by atoms with Crippen LogP contribution < -0.4 is 111 Å². The highest BCUT2D eigenvalue weighted by Crippen LogP contribution is 2.20. The van der Waals surface area contributed by atoms with Gasteiger partial charge in [-0.15, -0.1) is 0 Å². The van der Waals surface area contributed by atoms with Crippen molar-refractivity contribution in [2.45, 2.75) is 177 Å². The lowest BCUT2D eigenvalue weighted by atomic mass is 10.0. The second-order valence-corrected chi connectivity index (χ2v) is 24.3. The summed E-state index contributed by atoms with van der Waals surface area (Å²) in [5, 5.41) is 33.4. The normalized spacial score (nSPS) is 14.1. The first kappa shape index (κ1) is 84.0. The summed E-state index contributed by atoms with van der Waals surface area (Å²) in [6.45, 7) is 3.33. The predicted molar refractivity (Wildman–Crippen MR) is 366 cm³/mol. The van der Waals surface area contributed by atoms with Crippen molar-refractivity contribution >= 4 is 117 Å². The van der Waals surface area contributed by atoms with Gasteiger partial charge in [0.15, 0.2) is 17.9 Å². The number of H-pyrrole nitrogens is 1. The van der Waals surface area contributed by atoms with Crippen molar-refractivity contribution in [3.63, 3.8) is 0 Å². The lowest BCUT2D eigenvalue weighted by Crippen LogP contribution is -2.61. The number of aliphatic imine (C=N–C) groups is 3. The Labute approximate surface area is 570 Å². The Morgan fingerprint density at radius 3 is 1.32 bits per heavy atom. The first-order valence-corrected chi connectivity index (χ1v) is 33.1. The summed E-state index contributed by atoms with van der Waals surface area (Å²) in [6.07, 6.45) is 1.03. The molecule has 0 aliphatic heterocycles. The van der Waals surface area contributed by atoms with Gasteiger partial charge < -0.3 is 121 Å². The highest BCUT2D eigenvalue weighted by atomic mass is 32.2. The number of rotatable bonds is 49. The third kappa shape index (κ3) is 32.6. The molecule has 33 N–H and O–H groups in total. The number of thioether (sulfide) groups is 1. The Kier molecular flexibility index (Phi) is 38.3. The Balaban J connectivity index is 2.58. The van der Waals surface area contributed by atoms with Crippen molar-refractivity contribution in [1.82, 2.24) is 52.8 Å². The number of carbonyl (C=O) groups is 13. The van der Waals surface area contributed by atoms with Gasteiger partial charge in [0.2, 0.25) is 70.9 Å². The number of hydrogen-bond acceptors (Lipinski definition) is 19. The number of primary amides is 3. The molecule has 12 amide bonds. The second-order valence-electron chi connectivity index (χ2n) is 23.3. The fourth-order valence-corrected chi connectivity index (χ4v) is 10.1. The van der Waals surface area contributed by atoms with Gasteiger partial charge in [0.25, 0.3) is 0 Å². The summed E-state index contributed by atoms with van der Waals surface area (Å²) in [6, 6.07) is -8.01. The molecule has 38 nitrogen and oxygen atoms in total. The molecule has 0 spiro atoms. The van der Waals surface area contributed by atoms with Crippen molar-refractivity contribution in [3.8, 4) is 0 Å². The number of nitrogens with zero attached hydrogens (tertiary/aromatic N) is 3. The highest BCUT2D eigenvalue weighted by molar-refractivity contribution is 7.98. The van der Waals surface area contributed by atoms with E-state index in [1.165, 1.54) is 11.8 Å². The number of aromatic nitrogens is 1. The largest absolute Gasteiger partial charge is 0.480 e. The molecule has 0 bridgehead atoms. The Hall–Kier alpha value is -10.0. The van der Waals surface area contributed by atoms with E-state index in [2.05, 4.69) is 67.8 Å². The number of carboxylic acids is 1. The summed E-state index contributed by atoms with van der Waals surface area (Å²) < 4.78 is 0. The van der Waals surface area contributed by atoms with Crippen molar-refractivity contribution in [1.29, 1.82) is 0 Å². The molecule has 546 valence electrons. The lowest BCUT2D eigenvalue weighted by Gasteiger charge is -2.29. The molecule has 39 heteroatoms. The van der Waals surface area contributed by atoms with Crippen LogP contribution in [0.4, 0.5) is 0 Å². The number of unbranched alkanes of at least 4 members (excludes halogenated alkanes) is 1. The van der Waals surface area contributed by atoms with Crippen molar-refractivity contribution in [2.75, 3.05) is 38.2 Å².